The molecular formula is C11H19N3O3. The Morgan fingerprint density at radius 1 is 1.47 bits per heavy atom. The fourth-order valence-corrected chi connectivity index (χ4v) is 1.43. The number of ketones is 1. The summed E-state index contributed by atoms with van der Waals surface area (Å²) in [5.74, 6) is -0.236. The van der Waals surface area contributed by atoms with Crippen LogP contribution in [0, 0.1) is 5.92 Å². The number of esters is 1. The van der Waals surface area contributed by atoms with Gasteiger partial charge in [-0.15, -0.1) is 0 Å². The lowest BCUT2D eigenvalue weighted by Crippen LogP contribution is -2.13. The molecule has 0 aliphatic rings. The molecule has 96 valence electrons. The standard InChI is InChI=1S/C11H19N3O3/c1-3-10(9(2)15)5-6-11(16)17-8-4-7-13-14-12/h10H,3-8H2,1-2H3/t10-/m0/s1. The first-order chi connectivity index (χ1) is 8.11. The van der Waals surface area contributed by atoms with E-state index in [0.717, 1.165) is 6.42 Å². The molecule has 0 aliphatic heterocycles. The van der Waals surface area contributed by atoms with Gasteiger partial charge < -0.3 is 4.74 Å². The lowest BCUT2D eigenvalue weighted by molar-refractivity contribution is -0.144. The Labute approximate surface area is 101 Å². The van der Waals surface area contributed by atoms with E-state index in [1.54, 1.807) is 6.92 Å². The van der Waals surface area contributed by atoms with E-state index in [2.05, 4.69) is 10.0 Å². The monoisotopic (exact) mass is 241 g/mol. The Morgan fingerprint density at radius 3 is 2.71 bits per heavy atom. The van der Waals surface area contributed by atoms with Crippen LogP contribution in [0.4, 0.5) is 0 Å². The van der Waals surface area contributed by atoms with Gasteiger partial charge in [0.25, 0.3) is 0 Å². The van der Waals surface area contributed by atoms with Crippen molar-refractivity contribution in [1.29, 1.82) is 0 Å². The fourth-order valence-electron chi connectivity index (χ4n) is 1.43. The molecule has 0 rings (SSSR count). The molecule has 0 saturated heterocycles. The summed E-state index contributed by atoms with van der Waals surface area (Å²) in [6.45, 7) is 4.06. The number of nitrogens with zero attached hydrogens (tertiary/aromatic N) is 3. The van der Waals surface area contributed by atoms with Gasteiger partial charge in [-0.2, -0.15) is 0 Å². The molecule has 6 nitrogen and oxygen atoms in total. The summed E-state index contributed by atoms with van der Waals surface area (Å²) in [6.07, 6.45) is 2.08. The smallest absolute Gasteiger partial charge is 0.305 e. The van der Waals surface area contributed by atoms with Gasteiger partial charge in [-0.1, -0.05) is 12.0 Å². The molecule has 17 heavy (non-hydrogen) atoms. The van der Waals surface area contributed by atoms with Crippen LogP contribution in [-0.4, -0.2) is 24.9 Å². The molecule has 0 heterocycles. The number of carbonyl (C=O) groups excluding carboxylic acids is 2. The SMILES string of the molecule is CC[C@@H](CCC(=O)OCCCN=[N+]=[N-])C(C)=O. The number of rotatable bonds is 9. The van der Waals surface area contributed by atoms with E-state index in [0.29, 0.717) is 19.4 Å². The van der Waals surface area contributed by atoms with E-state index in [4.69, 9.17) is 10.3 Å². The number of hydrogen-bond acceptors (Lipinski definition) is 4. The quantitative estimate of drug-likeness (QED) is 0.204. The maximum atomic E-state index is 11.3. The summed E-state index contributed by atoms with van der Waals surface area (Å²) >= 11 is 0. The molecule has 0 spiro atoms. The Morgan fingerprint density at radius 2 is 2.18 bits per heavy atom. The minimum absolute atomic E-state index is 0.0502. The van der Waals surface area contributed by atoms with Gasteiger partial charge >= 0.3 is 5.97 Å². The third-order valence-electron chi connectivity index (χ3n) is 2.49. The Hall–Kier alpha value is -1.55. The first kappa shape index (κ1) is 15.4. The normalized spacial score (nSPS) is 11.4. The highest BCUT2D eigenvalue weighted by Gasteiger charge is 2.14. The molecule has 0 aromatic rings. The third-order valence-corrected chi connectivity index (χ3v) is 2.49. The molecular weight excluding hydrogens is 222 g/mol. The minimum atomic E-state index is -0.300. The van der Waals surface area contributed by atoms with Gasteiger partial charge in [0.2, 0.25) is 0 Å². The summed E-state index contributed by atoms with van der Waals surface area (Å²) in [5.41, 5.74) is 8.02. The summed E-state index contributed by atoms with van der Waals surface area (Å²) in [6, 6.07) is 0. The predicted octanol–water partition coefficient (Wildman–Crippen LogP) is 2.63. The number of hydrogen-bond donors (Lipinski definition) is 0. The molecule has 0 aliphatic carbocycles. The maximum Gasteiger partial charge on any atom is 0.305 e. The molecule has 0 amide bonds. The van der Waals surface area contributed by atoms with Gasteiger partial charge in [-0.25, -0.2) is 0 Å². The molecule has 1 atom stereocenters. The zero-order valence-electron chi connectivity index (χ0n) is 10.4. The summed E-state index contributed by atoms with van der Waals surface area (Å²) in [4.78, 5) is 25.0. The topological polar surface area (TPSA) is 92.1 Å². The first-order valence-electron chi connectivity index (χ1n) is 5.78. The lowest BCUT2D eigenvalue weighted by Gasteiger charge is -2.10. The zero-order chi connectivity index (χ0) is 13.1. The second-order valence-corrected chi connectivity index (χ2v) is 3.78. The van der Waals surface area contributed by atoms with Gasteiger partial charge in [0, 0.05) is 23.8 Å². The average Bonchev–Trinajstić information content (AvgIpc) is 2.29. The van der Waals surface area contributed by atoms with E-state index in [-0.39, 0.29) is 30.7 Å². The van der Waals surface area contributed by atoms with Crippen molar-refractivity contribution in [3.8, 4) is 0 Å². The van der Waals surface area contributed by atoms with Gasteiger partial charge in [0.1, 0.15) is 5.78 Å². The van der Waals surface area contributed by atoms with E-state index in [9.17, 15) is 9.59 Å². The van der Waals surface area contributed by atoms with Gasteiger partial charge in [0.15, 0.2) is 0 Å². The molecule has 0 aromatic heterocycles. The van der Waals surface area contributed by atoms with Crippen LogP contribution in [0.3, 0.4) is 0 Å². The van der Waals surface area contributed by atoms with Crippen molar-refractivity contribution in [2.75, 3.05) is 13.2 Å². The van der Waals surface area contributed by atoms with E-state index in [1.165, 1.54) is 0 Å². The van der Waals surface area contributed by atoms with Crippen LogP contribution >= 0.6 is 0 Å². The molecule has 0 radical (unpaired) electrons. The molecule has 0 bridgehead atoms. The zero-order valence-corrected chi connectivity index (χ0v) is 10.4. The second-order valence-electron chi connectivity index (χ2n) is 3.78. The first-order valence-corrected chi connectivity index (χ1v) is 5.78. The summed E-state index contributed by atoms with van der Waals surface area (Å²) in [7, 11) is 0. The van der Waals surface area contributed by atoms with Crippen molar-refractivity contribution >= 4 is 11.8 Å². The number of carbonyl (C=O) groups is 2. The van der Waals surface area contributed by atoms with Crippen LogP contribution < -0.4 is 0 Å². The van der Waals surface area contributed by atoms with Crippen LogP contribution in [0.15, 0.2) is 5.11 Å². The molecule has 0 fully saturated rings. The van der Waals surface area contributed by atoms with Gasteiger partial charge in [-0.3, -0.25) is 9.59 Å². The van der Waals surface area contributed by atoms with Crippen LogP contribution in [0.2, 0.25) is 0 Å². The van der Waals surface area contributed by atoms with Crippen molar-refractivity contribution in [3.05, 3.63) is 10.4 Å². The fraction of sp³-hybridized carbons (Fsp3) is 0.818. The second kappa shape index (κ2) is 9.66. The van der Waals surface area contributed by atoms with Crippen molar-refractivity contribution in [2.45, 2.75) is 39.5 Å². The molecule has 0 unspecified atom stereocenters. The Balaban J connectivity index is 3.65. The highest BCUT2D eigenvalue weighted by atomic mass is 16.5. The van der Waals surface area contributed by atoms with Crippen LogP contribution in [0.25, 0.3) is 10.4 Å². The largest absolute Gasteiger partial charge is 0.466 e. The maximum absolute atomic E-state index is 11.3. The molecule has 0 N–H and O–H groups in total. The number of Topliss-reactive ketones (excluding diaryl/α,β-unsaturated/α-hetero) is 1. The van der Waals surface area contributed by atoms with E-state index < -0.39 is 0 Å². The van der Waals surface area contributed by atoms with Crippen molar-refractivity contribution in [3.63, 3.8) is 0 Å². The third kappa shape index (κ3) is 8.28. The van der Waals surface area contributed by atoms with Crippen LogP contribution in [0.1, 0.15) is 39.5 Å². The summed E-state index contributed by atoms with van der Waals surface area (Å²) < 4.78 is 4.93. The Kier molecular flexibility index (Phi) is 8.78. The van der Waals surface area contributed by atoms with E-state index in [1.807, 2.05) is 6.92 Å². The average molecular weight is 241 g/mol. The number of azide groups is 1. The highest BCUT2D eigenvalue weighted by Crippen LogP contribution is 2.12. The summed E-state index contributed by atoms with van der Waals surface area (Å²) in [5, 5.41) is 3.32. The molecule has 6 heteroatoms. The predicted molar refractivity (Wildman–Crippen MR) is 63.3 cm³/mol. The molecule has 0 saturated carbocycles. The van der Waals surface area contributed by atoms with Crippen LogP contribution in [-0.2, 0) is 14.3 Å². The van der Waals surface area contributed by atoms with Crippen molar-refractivity contribution in [2.24, 2.45) is 11.0 Å². The number of ether oxygens (including phenoxy) is 1. The highest BCUT2D eigenvalue weighted by molar-refractivity contribution is 5.79. The Bertz CT molecular complexity index is 298. The van der Waals surface area contributed by atoms with Gasteiger partial charge in [0.05, 0.1) is 6.61 Å². The van der Waals surface area contributed by atoms with Gasteiger partial charge in [-0.05, 0) is 31.7 Å². The van der Waals surface area contributed by atoms with Crippen LogP contribution in [0.5, 0.6) is 0 Å². The van der Waals surface area contributed by atoms with Crippen molar-refractivity contribution < 1.29 is 14.3 Å². The van der Waals surface area contributed by atoms with Crippen molar-refractivity contribution in [1.82, 2.24) is 0 Å². The molecule has 0 aromatic carbocycles. The lowest BCUT2D eigenvalue weighted by atomic mass is 9.96. The minimum Gasteiger partial charge on any atom is -0.466 e. The van der Waals surface area contributed by atoms with E-state index >= 15 is 0 Å².